The molecule has 2 rings (SSSR count). The van der Waals surface area contributed by atoms with Crippen LogP contribution in [-0.2, 0) is 24.4 Å². The minimum Gasteiger partial charge on any atom is -0.367 e. The lowest BCUT2D eigenvalue weighted by Gasteiger charge is -2.12. The molecule has 0 saturated carbocycles. The molecule has 0 unspecified atom stereocenters. The van der Waals surface area contributed by atoms with Crippen LogP contribution in [-0.4, -0.2) is 30.8 Å². The number of hydrogen-bond acceptors (Lipinski definition) is 4. The van der Waals surface area contributed by atoms with E-state index in [2.05, 4.69) is 20.6 Å². The van der Waals surface area contributed by atoms with Crippen LogP contribution in [0.1, 0.15) is 26.7 Å². The molecule has 0 atom stereocenters. The molecule has 1 aromatic heterocycles. The van der Waals surface area contributed by atoms with E-state index in [4.69, 9.17) is 4.74 Å². The summed E-state index contributed by atoms with van der Waals surface area (Å²) in [6, 6.07) is 7.23. The number of hydrogen-bond donors (Lipinski definition) is 2. The summed E-state index contributed by atoms with van der Waals surface area (Å²) in [5.74, 6) is 0.624. The number of rotatable bonds is 7. The van der Waals surface area contributed by atoms with Gasteiger partial charge in [-0.05, 0) is 25.0 Å². The van der Waals surface area contributed by atoms with Crippen LogP contribution < -0.4 is 10.6 Å². The van der Waals surface area contributed by atoms with Crippen molar-refractivity contribution in [2.24, 2.45) is 4.99 Å². The molecule has 2 N–H and O–H groups in total. The van der Waals surface area contributed by atoms with Gasteiger partial charge in [0.05, 0.1) is 18.8 Å². The molecule has 1 heterocycles. The molecule has 0 aliphatic heterocycles. The van der Waals surface area contributed by atoms with Crippen molar-refractivity contribution < 1.29 is 17.9 Å². The van der Waals surface area contributed by atoms with E-state index in [-0.39, 0.29) is 30.6 Å². The Morgan fingerprint density at radius 2 is 1.86 bits per heavy atom. The second-order valence-electron chi connectivity index (χ2n) is 5.96. The van der Waals surface area contributed by atoms with Crippen molar-refractivity contribution in [2.75, 3.05) is 13.7 Å². The summed E-state index contributed by atoms with van der Waals surface area (Å²) in [7, 11) is 1.68. The van der Waals surface area contributed by atoms with Crippen molar-refractivity contribution in [1.82, 2.24) is 15.6 Å². The van der Waals surface area contributed by atoms with E-state index in [0.717, 1.165) is 16.3 Å². The van der Waals surface area contributed by atoms with Crippen molar-refractivity contribution in [1.29, 1.82) is 0 Å². The minimum atomic E-state index is -4.31. The summed E-state index contributed by atoms with van der Waals surface area (Å²) in [5.41, 5.74) is 2.64. The van der Waals surface area contributed by atoms with Gasteiger partial charge in [-0.3, -0.25) is 4.99 Å². The van der Waals surface area contributed by atoms with E-state index in [1.54, 1.807) is 30.5 Å². The van der Waals surface area contributed by atoms with Gasteiger partial charge in [0, 0.05) is 18.5 Å². The number of thiazole rings is 1. The van der Waals surface area contributed by atoms with Crippen molar-refractivity contribution in [3.8, 4) is 0 Å². The topological polar surface area (TPSA) is 58.5 Å². The summed E-state index contributed by atoms with van der Waals surface area (Å²) in [4.78, 5) is 9.83. The van der Waals surface area contributed by atoms with Crippen LogP contribution in [0.4, 0.5) is 13.2 Å². The number of halogens is 4. The van der Waals surface area contributed by atoms with E-state index in [1.807, 2.05) is 26.0 Å². The molecule has 0 spiro atoms. The van der Waals surface area contributed by atoms with Gasteiger partial charge in [-0.2, -0.15) is 13.2 Å². The SMILES string of the molecule is CN=C(NCc1cccc(COCC(F)(F)F)c1)NCc1nc(C)c(C)s1.I. The lowest BCUT2D eigenvalue weighted by Crippen LogP contribution is -2.36. The maximum Gasteiger partial charge on any atom is 0.411 e. The molecule has 0 bridgehead atoms. The number of nitrogens with zero attached hydrogens (tertiary/aromatic N) is 2. The number of ether oxygens (including phenoxy) is 1. The van der Waals surface area contributed by atoms with Gasteiger partial charge in [0.2, 0.25) is 0 Å². The van der Waals surface area contributed by atoms with E-state index in [1.165, 1.54) is 4.88 Å². The van der Waals surface area contributed by atoms with Gasteiger partial charge in [-0.25, -0.2) is 4.98 Å². The fraction of sp³-hybridized carbons (Fsp3) is 0.444. The Labute approximate surface area is 183 Å². The summed E-state index contributed by atoms with van der Waals surface area (Å²) in [5, 5.41) is 7.36. The summed E-state index contributed by atoms with van der Waals surface area (Å²) < 4.78 is 41.1. The normalized spacial score (nSPS) is 11.9. The summed E-state index contributed by atoms with van der Waals surface area (Å²) in [6.45, 7) is 3.75. The third-order valence-electron chi connectivity index (χ3n) is 3.69. The molecule has 28 heavy (non-hydrogen) atoms. The van der Waals surface area contributed by atoms with E-state index in [9.17, 15) is 13.2 Å². The molecule has 156 valence electrons. The Kier molecular flexibility index (Phi) is 10.2. The first-order chi connectivity index (χ1) is 12.8. The number of aromatic nitrogens is 1. The molecule has 10 heteroatoms. The zero-order valence-corrected chi connectivity index (χ0v) is 19.0. The first kappa shape index (κ1) is 24.6. The van der Waals surface area contributed by atoms with Crippen LogP contribution >= 0.6 is 35.3 Å². The second-order valence-corrected chi connectivity index (χ2v) is 7.24. The van der Waals surface area contributed by atoms with Gasteiger partial charge >= 0.3 is 6.18 Å². The Balaban J connectivity index is 0.00000392. The number of guanidine groups is 1. The molecule has 0 saturated heterocycles. The predicted molar refractivity (Wildman–Crippen MR) is 116 cm³/mol. The highest BCUT2D eigenvalue weighted by atomic mass is 127. The smallest absolute Gasteiger partial charge is 0.367 e. The van der Waals surface area contributed by atoms with Crippen LogP contribution in [0.15, 0.2) is 29.3 Å². The molecular formula is C18H24F3IN4OS. The molecule has 2 aromatic rings. The third-order valence-corrected chi connectivity index (χ3v) is 4.76. The number of aliphatic imine (C=N–C) groups is 1. The zero-order valence-electron chi connectivity index (χ0n) is 15.9. The number of aryl methyl sites for hydroxylation is 2. The maximum atomic E-state index is 12.1. The lowest BCUT2D eigenvalue weighted by atomic mass is 10.1. The van der Waals surface area contributed by atoms with E-state index >= 15 is 0 Å². The average Bonchev–Trinajstić information content (AvgIpc) is 2.92. The summed E-state index contributed by atoms with van der Waals surface area (Å²) >= 11 is 1.64. The quantitative estimate of drug-likeness (QED) is 0.320. The largest absolute Gasteiger partial charge is 0.411 e. The maximum absolute atomic E-state index is 12.1. The van der Waals surface area contributed by atoms with Crippen LogP contribution in [0, 0.1) is 13.8 Å². The predicted octanol–water partition coefficient (Wildman–Crippen LogP) is 4.32. The standard InChI is InChI=1S/C18H23F3N4OS.HI/c1-12-13(2)27-16(25-12)9-24-17(22-3)23-8-14-5-4-6-15(7-14)10-26-11-18(19,20)21;/h4-7H,8-11H2,1-3H3,(H2,22,23,24);1H. The molecule has 5 nitrogen and oxygen atoms in total. The number of benzene rings is 1. The highest BCUT2D eigenvalue weighted by Crippen LogP contribution is 2.17. The molecule has 0 aliphatic rings. The Morgan fingerprint density at radius 3 is 2.46 bits per heavy atom. The first-order valence-electron chi connectivity index (χ1n) is 8.36. The van der Waals surface area contributed by atoms with Crippen molar-refractivity contribution >= 4 is 41.3 Å². The highest BCUT2D eigenvalue weighted by Gasteiger charge is 2.27. The second kappa shape index (κ2) is 11.6. The molecule has 1 aromatic carbocycles. The van der Waals surface area contributed by atoms with Crippen molar-refractivity contribution in [3.05, 3.63) is 51.0 Å². The van der Waals surface area contributed by atoms with Gasteiger partial charge in [0.15, 0.2) is 5.96 Å². The molecular weight excluding hydrogens is 504 g/mol. The Bertz CT molecular complexity index is 761. The summed E-state index contributed by atoms with van der Waals surface area (Å²) in [6.07, 6.45) is -4.31. The Morgan fingerprint density at radius 1 is 1.18 bits per heavy atom. The monoisotopic (exact) mass is 528 g/mol. The first-order valence-corrected chi connectivity index (χ1v) is 9.18. The third kappa shape index (κ3) is 8.74. The van der Waals surface area contributed by atoms with Crippen LogP contribution in [0.3, 0.4) is 0 Å². The van der Waals surface area contributed by atoms with Gasteiger partial charge in [-0.1, -0.05) is 24.3 Å². The average molecular weight is 528 g/mol. The number of alkyl halides is 3. The molecule has 0 fully saturated rings. The van der Waals surface area contributed by atoms with Gasteiger partial charge in [0.25, 0.3) is 0 Å². The van der Waals surface area contributed by atoms with E-state index < -0.39 is 12.8 Å². The van der Waals surface area contributed by atoms with Crippen LogP contribution in [0.2, 0.25) is 0 Å². The van der Waals surface area contributed by atoms with Crippen LogP contribution in [0.25, 0.3) is 0 Å². The van der Waals surface area contributed by atoms with Gasteiger partial charge < -0.3 is 15.4 Å². The minimum absolute atomic E-state index is 0. The van der Waals surface area contributed by atoms with Crippen LogP contribution in [0.5, 0.6) is 0 Å². The highest BCUT2D eigenvalue weighted by molar-refractivity contribution is 14.0. The fourth-order valence-corrected chi connectivity index (χ4v) is 3.17. The molecule has 0 aliphatic carbocycles. The zero-order chi connectivity index (χ0) is 19.9. The molecule has 0 amide bonds. The van der Waals surface area contributed by atoms with Crippen molar-refractivity contribution in [2.45, 2.75) is 39.7 Å². The number of nitrogens with one attached hydrogen (secondary N) is 2. The lowest BCUT2D eigenvalue weighted by molar-refractivity contribution is -0.176. The van der Waals surface area contributed by atoms with Crippen molar-refractivity contribution in [3.63, 3.8) is 0 Å². The van der Waals surface area contributed by atoms with Gasteiger partial charge in [-0.15, -0.1) is 35.3 Å². The fourth-order valence-electron chi connectivity index (χ4n) is 2.29. The molecule has 0 radical (unpaired) electrons. The van der Waals surface area contributed by atoms with Gasteiger partial charge in [0.1, 0.15) is 11.6 Å². The van der Waals surface area contributed by atoms with E-state index in [0.29, 0.717) is 24.6 Å². The Hall–Kier alpha value is -1.40.